The van der Waals surface area contributed by atoms with Gasteiger partial charge in [0.25, 0.3) is 0 Å². The van der Waals surface area contributed by atoms with E-state index in [9.17, 15) is 8.78 Å². The van der Waals surface area contributed by atoms with Crippen LogP contribution in [0.4, 0.5) is 8.78 Å². The van der Waals surface area contributed by atoms with Gasteiger partial charge >= 0.3 is 6.61 Å². The van der Waals surface area contributed by atoms with Crippen LogP contribution in [0.15, 0.2) is 0 Å². The van der Waals surface area contributed by atoms with Gasteiger partial charge in [-0.1, -0.05) is 6.92 Å². The van der Waals surface area contributed by atoms with E-state index in [0.29, 0.717) is 12.1 Å². The molecule has 0 aromatic heterocycles. The summed E-state index contributed by atoms with van der Waals surface area (Å²) in [7, 11) is 0. The minimum absolute atomic E-state index is 0.194. The van der Waals surface area contributed by atoms with Crippen LogP contribution in [0.1, 0.15) is 40.0 Å². The van der Waals surface area contributed by atoms with Crippen LogP contribution >= 0.6 is 0 Å². The molecular weight excluding hydrogens is 212 g/mol. The highest BCUT2D eigenvalue weighted by Crippen LogP contribution is 2.28. The predicted octanol–water partition coefficient (Wildman–Crippen LogP) is 3.12. The maximum atomic E-state index is 12.0. The van der Waals surface area contributed by atoms with Crippen molar-refractivity contribution in [2.75, 3.05) is 13.2 Å². The quantitative estimate of drug-likeness (QED) is 0.726. The smallest absolute Gasteiger partial charge is 0.323 e. The molecule has 4 heteroatoms. The molecule has 1 rings (SSSR count). The minimum Gasteiger partial charge on any atom is -0.323 e. The minimum atomic E-state index is -2.63. The first kappa shape index (κ1) is 13.8. The molecular formula is C12H23F2NO. The van der Waals surface area contributed by atoms with Gasteiger partial charge < -0.3 is 4.74 Å². The SMILES string of the molecule is CCC1C(COC(F)F)CCCN1C(C)C. The molecule has 2 unspecified atom stereocenters. The van der Waals surface area contributed by atoms with E-state index in [-0.39, 0.29) is 12.5 Å². The molecule has 1 saturated heterocycles. The maximum Gasteiger partial charge on any atom is 0.345 e. The van der Waals surface area contributed by atoms with Crippen molar-refractivity contribution < 1.29 is 13.5 Å². The fraction of sp³-hybridized carbons (Fsp3) is 1.00. The van der Waals surface area contributed by atoms with Crippen LogP contribution in [0.3, 0.4) is 0 Å². The zero-order valence-corrected chi connectivity index (χ0v) is 10.5. The molecule has 0 aromatic rings. The summed E-state index contributed by atoms with van der Waals surface area (Å²) in [5, 5.41) is 0. The Kier molecular flexibility index (Phi) is 5.62. The molecule has 1 aliphatic rings. The van der Waals surface area contributed by atoms with Crippen LogP contribution in [0.5, 0.6) is 0 Å². The van der Waals surface area contributed by atoms with Crippen LogP contribution < -0.4 is 0 Å². The molecule has 96 valence electrons. The van der Waals surface area contributed by atoms with Crippen molar-refractivity contribution in [1.82, 2.24) is 4.90 Å². The molecule has 0 amide bonds. The summed E-state index contributed by atoms with van der Waals surface area (Å²) in [6.45, 7) is 5.10. The van der Waals surface area contributed by atoms with Gasteiger partial charge in [-0.3, -0.25) is 4.90 Å². The second kappa shape index (κ2) is 6.50. The number of nitrogens with zero attached hydrogens (tertiary/aromatic N) is 1. The summed E-state index contributed by atoms with van der Waals surface area (Å²) >= 11 is 0. The summed E-state index contributed by atoms with van der Waals surface area (Å²) in [6.07, 6.45) is 3.11. The Morgan fingerprint density at radius 3 is 2.56 bits per heavy atom. The average molecular weight is 235 g/mol. The first-order valence-electron chi connectivity index (χ1n) is 6.21. The largest absolute Gasteiger partial charge is 0.345 e. The predicted molar refractivity (Wildman–Crippen MR) is 60.6 cm³/mol. The zero-order chi connectivity index (χ0) is 12.1. The lowest BCUT2D eigenvalue weighted by Gasteiger charge is -2.43. The summed E-state index contributed by atoms with van der Waals surface area (Å²) in [6, 6.07) is 0.881. The molecule has 0 bridgehead atoms. The fourth-order valence-electron chi connectivity index (χ4n) is 2.76. The highest BCUT2D eigenvalue weighted by molar-refractivity contribution is 4.85. The standard InChI is InChI=1S/C12H23F2NO/c1-4-11-10(8-16-12(13)14)6-5-7-15(11)9(2)3/h9-12H,4-8H2,1-3H3. The maximum absolute atomic E-state index is 12.0. The van der Waals surface area contributed by atoms with Crippen LogP contribution in [0.25, 0.3) is 0 Å². The van der Waals surface area contributed by atoms with E-state index >= 15 is 0 Å². The van der Waals surface area contributed by atoms with E-state index in [1.165, 1.54) is 0 Å². The van der Waals surface area contributed by atoms with E-state index in [1.54, 1.807) is 0 Å². The average Bonchev–Trinajstić information content (AvgIpc) is 2.25. The van der Waals surface area contributed by atoms with Crippen LogP contribution in [0.2, 0.25) is 0 Å². The van der Waals surface area contributed by atoms with Crippen molar-refractivity contribution in [3.8, 4) is 0 Å². The van der Waals surface area contributed by atoms with Gasteiger partial charge in [-0.25, -0.2) is 0 Å². The van der Waals surface area contributed by atoms with E-state index in [2.05, 4.69) is 30.4 Å². The topological polar surface area (TPSA) is 12.5 Å². The summed E-state index contributed by atoms with van der Waals surface area (Å²) in [4.78, 5) is 2.42. The number of halogens is 2. The Hall–Kier alpha value is -0.220. The van der Waals surface area contributed by atoms with Crippen LogP contribution in [0, 0.1) is 5.92 Å². The number of hydrogen-bond acceptors (Lipinski definition) is 2. The van der Waals surface area contributed by atoms with Gasteiger partial charge in [0, 0.05) is 12.1 Å². The summed E-state index contributed by atoms with van der Waals surface area (Å²) in [5.74, 6) is 0.259. The lowest BCUT2D eigenvalue weighted by molar-refractivity contribution is -0.147. The molecule has 2 nitrogen and oxygen atoms in total. The Labute approximate surface area is 97.0 Å². The monoisotopic (exact) mass is 235 g/mol. The second-order valence-corrected chi connectivity index (χ2v) is 4.80. The molecule has 0 aromatic carbocycles. The fourth-order valence-corrected chi connectivity index (χ4v) is 2.76. The van der Waals surface area contributed by atoms with Crippen molar-refractivity contribution >= 4 is 0 Å². The molecule has 2 atom stereocenters. The highest BCUT2D eigenvalue weighted by Gasteiger charge is 2.31. The van der Waals surface area contributed by atoms with Gasteiger partial charge in [0.05, 0.1) is 6.61 Å². The van der Waals surface area contributed by atoms with Crippen molar-refractivity contribution in [3.63, 3.8) is 0 Å². The number of piperidine rings is 1. The Bertz CT molecular complexity index is 199. The number of hydrogen-bond donors (Lipinski definition) is 0. The Balaban J connectivity index is 2.54. The molecule has 0 saturated carbocycles. The molecule has 0 aliphatic carbocycles. The number of likely N-dealkylation sites (tertiary alicyclic amines) is 1. The summed E-state index contributed by atoms with van der Waals surface area (Å²) in [5.41, 5.74) is 0. The lowest BCUT2D eigenvalue weighted by Crippen LogP contribution is -2.49. The Morgan fingerprint density at radius 1 is 1.38 bits per heavy atom. The molecule has 1 heterocycles. The van der Waals surface area contributed by atoms with Crippen molar-refractivity contribution in [3.05, 3.63) is 0 Å². The molecule has 0 radical (unpaired) electrons. The van der Waals surface area contributed by atoms with Gasteiger partial charge in [-0.05, 0) is 45.6 Å². The molecule has 1 aliphatic heterocycles. The summed E-state index contributed by atoms with van der Waals surface area (Å²) < 4.78 is 28.6. The van der Waals surface area contributed by atoms with Gasteiger partial charge in [-0.2, -0.15) is 8.78 Å². The third-order valence-electron chi connectivity index (χ3n) is 3.48. The van der Waals surface area contributed by atoms with Crippen LogP contribution in [-0.2, 0) is 4.74 Å². The lowest BCUT2D eigenvalue weighted by atomic mass is 9.87. The third-order valence-corrected chi connectivity index (χ3v) is 3.48. The van der Waals surface area contributed by atoms with Crippen LogP contribution in [-0.4, -0.2) is 36.7 Å². The van der Waals surface area contributed by atoms with Crippen molar-refractivity contribution in [2.45, 2.75) is 58.7 Å². The van der Waals surface area contributed by atoms with Gasteiger partial charge in [0.2, 0.25) is 0 Å². The highest BCUT2D eigenvalue weighted by atomic mass is 19.3. The normalized spacial score (nSPS) is 27.9. The molecule has 1 fully saturated rings. The van der Waals surface area contributed by atoms with Gasteiger partial charge in [0.1, 0.15) is 0 Å². The van der Waals surface area contributed by atoms with E-state index in [4.69, 9.17) is 0 Å². The van der Waals surface area contributed by atoms with E-state index < -0.39 is 6.61 Å². The first-order chi connectivity index (χ1) is 7.56. The zero-order valence-electron chi connectivity index (χ0n) is 10.5. The number of alkyl halides is 2. The second-order valence-electron chi connectivity index (χ2n) is 4.80. The number of rotatable bonds is 5. The van der Waals surface area contributed by atoms with Crippen molar-refractivity contribution in [2.24, 2.45) is 5.92 Å². The Morgan fingerprint density at radius 2 is 2.06 bits per heavy atom. The first-order valence-corrected chi connectivity index (χ1v) is 6.21. The molecule has 16 heavy (non-hydrogen) atoms. The molecule has 0 spiro atoms. The van der Waals surface area contributed by atoms with E-state index in [1.807, 2.05) is 0 Å². The third kappa shape index (κ3) is 3.67. The molecule has 0 N–H and O–H groups in total. The number of ether oxygens (including phenoxy) is 1. The van der Waals surface area contributed by atoms with E-state index in [0.717, 1.165) is 25.8 Å². The van der Waals surface area contributed by atoms with Gasteiger partial charge in [-0.15, -0.1) is 0 Å². The van der Waals surface area contributed by atoms with Gasteiger partial charge in [0.15, 0.2) is 0 Å². The van der Waals surface area contributed by atoms with Crippen molar-refractivity contribution in [1.29, 1.82) is 0 Å².